The van der Waals surface area contributed by atoms with E-state index in [1.807, 2.05) is 0 Å². The maximum absolute atomic E-state index is 5.36. The zero-order valence-corrected chi connectivity index (χ0v) is 12.6. The Balaban J connectivity index is 1.73. The topological polar surface area (TPSA) is 33.3 Å². The molecule has 0 aromatic rings. The van der Waals surface area contributed by atoms with E-state index in [1.165, 1.54) is 25.7 Å². The fraction of sp³-hybridized carbons (Fsp3) is 0.929. The lowest BCUT2D eigenvalue weighted by molar-refractivity contribution is 0.179. The summed E-state index contributed by atoms with van der Waals surface area (Å²) in [6.45, 7) is 5.05. The minimum atomic E-state index is 0.266. The van der Waals surface area contributed by atoms with Crippen molar-refractivity contribution in [3.63, 3.8) is 0 Å². The predicted octanol–water partition coefficient (Wildman–Crippen LogP) is 2.31. The van der Waals surface area contributed by atoms with Crippen molar-refractivity contribution in [2.75, 3.05) is 13.7 Å². The molecule has 5 unspecified atom stereocenters. The zero-order chi connectivity index (χ0) is 13.1. The summed E-state index contributed by atoms with van der Waals surface area (Å²) >= 11 is 5.36. The highest BCUT2D eigenvalue weighted by Crippen LogP contribution is 2.49. The maximum atomic E-state index is 5.36. The number of rotatable bonds is 5. The van der Waals surface area contributed by atoms with E-state index in [-0.39, 0.29) is 6.04 Å². The number of methoxy groups -OCH3 is 1. The number of thiocarbonyl (C=S) groups is 1. The van der Waals surface area contributed by atoms with Gasteiger partial charge in [-0.05, 0) is 63.1 Å². The molecule has 2 aliphatic carbocycles. The van der Waals surface area contributed by atoms with E-state index in [9.17, 15) is 0 Å². The van der Waals surface area contributed by atoms with Crippen LogP contribution < -0.4 is 10.6 Å². The van der Waals surface area contributed by atoms with Gasteiger partial charge >= 0.3 is 0 Å². The largest absolute Gasteiger partial charge is 0.383 e. The molecule has 2 N–H and O–H groups in total. The van der Waals surface area contributed by atoms with Crippen molar-refractivity contribution >= 4 is 17.3 Å². The molecule has 18 heavy (non-hydrogen) atoms. The Morgan fingerprint density at radius 3 is 2.61 bits per heavy atom. The third-order valence-electron chi connectivity index (χ3n) is 4.59. The van der Waals surface area contributed by atoms with Crippen molar-refractivity contribution in [2.45, 2.75) is 51.6 Å². The monoisotopic (exact) mass is 270 g/mol. The van der Waals surface area contributed by atoms with Crippen molar-refractivity contribution in [1.82, 2.24) is 10.6 Å². The Morgan fingerprint density at radius 1 is 1.28 bits per heavy atom. The zero-order valence-electron chi connectivity index (χ0n) is 11.7. The van der Waals surface area contributed by atoms with E-state index >= 15 is 0 Å². The molecule has 0 aromatic carbocycles. The van der Waals surface area contributed by atoms with Crippen LogP contribution in [0.15, 0.2) is 0 Å². The van der Waals surface area contributed by atoms with Crippen molar-refractivity contribution in [3.05, 3.63) is 0 Å². The minimum Gasteiger partial charge on any atom is -0.383 e. The highest BCUT2D eigenvalue weighted by molar-refractivity contribution is 7.80. The lowest BCUT2D eigenvalue weighted by Crippen LogP contribution is -2.48. The molecule has 2 bridgehead atoms. The van der Waals surface area contributed by atoms with Crippen LogP contribution >= 0.6 is 12.2 Å². The Hall–Kier alpha value is -0.350. The van der Waals surface area contributed by atoms with E-state index in [4.69, 9.17) is 17.0 Å². The summed E-state index contributed by atoms with van der Waals surface area (Å²) < 4.78 is 5.10. The SMILES string of the molecule is COCC(C)NC(=S)NC(C)C1CC2CCC1C2. The summed E-state index contributed by atoms with van der Waals surface area (Å²) in [5, 5.41) is 7.51. The minimum absolute atomic E-state index is 0.266. The van der Waals surface area contributed by atoms with Gasteiger partial charge in [0.05, 0.1) is 6.61 Å². The number of hydrogen-bond donors (Lipinski definition) is 2. The van der Waals surface area contributed by atoms with E-state index in [1.54, 1.807) is 7.11 Å². The first-order valence-corrected chi connectivity index (χ1v) is 7.57. The third-order valence-corrected chi connectivity index (χ3v) is 4.82. The molecule has 104 valence electrons. The number of fused-ring (bicyclic) bond motifs is 2. The van der Waals surface area contributed by atoms with Crippen LogP contribution in [-0.4, -0.2) is 30.9 Å². The molecule has 0 spiro atoms. The average molecular weight is 270 g/mol. The molecular weight excluding hydrogens is 244 g/mol. The first-order valence-electron chi connectivity index (χ1n) is 7.16. The lowest BCUT2D eigenvalue weighted by atomic mass is 9.84. The Kier molecular flexibility index (Phi) is 4.84. The van der Waals surface area contributed by atoms with Crippen LogP contribution in [-0.2, 0) is 4.74 Å². The third kappa shape index (κ3) is 3.35. The molecular formula is C14H26N2OS. The smallest absolute Gasteiger partial charge is 0.166 e. The summed E-state index contributed by atoms with van der Waals surface area (Å²) in [5.74, 6) is 2.76. The lowest BCUT2D eigenvalue weighted by Gasteiger charge is -2.30. The number of ether oxygens (including phenoxy) is 1. The van der Waals surface area contributed by atoms with Crippen LogP contribution in [0.1, 0.15) is 39.5 Å². The summed E-state index contributed by atoms with van der Waals surface area (Å²) in [5.41, 5.74) is 0. The molecule has 2 aliphatic rings. The number of nitrogens with one attached hydrogen (secondary N) is 2. The second-order valence-electron chi connectivity index (χ2n) is 6.10. The van der Waals surface area contributed by atoms with Gasteiger partial charge in [0.1, 0.15) is 0 Å². The highest BCUT2D eigenvalue weighted by Gasteiger charge is 2.41. The summed E-state index contributed by atoms with van der Waals surface area (Å²) in [7, 11) is 1.71. The van der Waals surface area contributed by atoms with Gasteiger partial charge in [0.2, 0.25) is 0 Å². The maximum Gasteiger partial charge on any atom is 0.166 e. The Morgan fingerprint density at radius 2 is 2.06 bits per heavy atom. The van der Waals surface area contributed by atoms with Crippen molar-refractivity contribution in [1.29, 1.82) is 0 Å². The van der Waals surface area contributed by atoms with Crippen LogP contribution in [0.3, 0.4) is 0 Å². The van der Waals surface area contributed by atoms with E-state index in [0.29, 0.717) is 12.6 Å². The molecule has 2 fully saturated rings. The summed E-state index contributed by atoms with van der Waals surface area (Å²) in [6, 6.07) is 0.761. The Labute approximate surface area is 116 Å². The van der Waals surface area contributed by atoms with Crippen LogP contribution in [0.5, 0.6) is 0 Å². The normalized spacial score (nSPS) is 33.2. The Bertz CT molecular complexity index is 298. The fourth-order valence-electron chi connectivity index (χ4n) is 3.78. The van der Waals surface area contributed by atoms with Crippen molar-refractivity contribution in [2.24, 2.45) is 17.8 Å². The van der Waals surface area contributed by atoms with Crippen LogP contribution in [0, 0.1) is 17.8 Å². The van der Waals surface area contributed by atoms with E-state index < -0.39 is 0 Å². The van der Waals surface area contributed by atoms with Crippen LogP contribution in [0.25, 0.3) is 0 Å². The molecule has 0 heterocycles. The molecule has 0 aromatic heterocycles. The summed E-state index contributed by atoms with van der Waals surface area (Å²) in [4.78, 5) is 0. The second-order valence-corrected chi connectivity index (χ2v) is 6.51. The van der Waals surface area contributed by atoms with Gasteiger partial charge in [-0.15, -0.1) is 0 Å². The molecule has 0 amide bonds. The van der Waals surface area contributed by atoms with Gasteiger partial charge < -0.3 is 15.4 Å². The molecule has 2 rings (SSSR count). The molecule has 4 heteroatoms. The summed E-state index contributed by atoms with van der Waals surface area (Å²) in [6.07, 6.45) is 5.75. The van der Waals surface area contributed by atoms with Gasteiger partial charge in [0, 0.05) is 19.2 Å². The van der Waals surface area contributed by atoms with Gasteiger partial charge in [-0.25, -0.2) is 0 Å². The molecule has 0 saturated heterocycles. The van der Waals surface area contributed by atoms with E-state index in [2.05, 4.69) is 24.5 Å². The molecule has 0 aliphatic heterocycles. The van der Waals surface area contributed by atoms with Crippen molar-refractivity contribution < 1.29 is 4.74 Å². The van der Waals surface area contributed by atoms with Crippen molar-refractivity contribution in [3.8, 4) is 0 Å². The van der Waals surface area contributed by atoms with Crippen LogP contribution in [0.2, 0.25) is 0 Å². The van der Waals surface area contributed by atoms with Gasteiger partial charge in [-0.1, -0.05) is 6.42 Å². The van der Waals surface area contributed by atoms with Gasteiger partial charge in [-0.3, -0.25) is 0 Å². The average Bonchev–Trinajstić information content (AvgIpc) is 2.90. The first kappa shape index (κ1) is 14.1. The quantitative estimate of drug-likeness (QED) is 0.751. The molecule has 2 saturated carbocycles. The van der Waals surface area contributed by atoms with Gasteiger partial charge in [-0.2, -0.15) is 0 Å². The highest BCUT2D eigenvalue weighted by atomic mass is 32.1. The number of hydrogen-bond acceptors (Lipinski definition) is 2. The second kappa shape index (κ2) is 6.20. The molecule has 5 atom stereocenters. The standard InChI is InChI=1S/C14H26N2OS/c1-9(8-17-3)15-14(18)16-10(2)13-7-11-4-5-12(13)6-11/h9-13H,4-8H2,1-3H3,(H2,15,16,18). The van der Waals surface area contributed by atoms with Gasteiger partial charge in [0.25, 0.3) is 0 Å². The predicted molar refractivity (Wildman–Crippen MR) is 78.6 cm³/mol. The van der Waals surface area contributed by atoms with Gasteiger partial charge in [0.15, 0.2) is 5.11 Å². The van der Waals surface area contributed by atoms with Crippen LogP contribution in [0.4, 0.5) is 0 Å². The fourth-order valence-corrected chi connectivity index (χ4v) is 4.16. The molecule has 0 radical (unpaired) electrons. The molecule has 3 nitrogen and oxygen atoms in total. The van der Waals surface area contributed by atoms with E-state index in [0.717, 1.165) is 22.9 Å². The first-order chi connectivity index (χ1) is 8.60.